The Labute approximate surface area is 105 Å². The SMILES string of the molecule is COc1ccc(-c2ccc(C#N)cc2)cc1Cl. The molecule has 0 bridgehead atoms. The van der Waals surface area contributed by atoms with Gasteiger partial charge in [0.15, 0.2) is 0 Å². The Morgan fingerprint density at radius 2 is 1.71 bits per heavy atom. The summed E-state index contributed by atoms with van der Waals surface area (Å²) in [5.74, 6) is 0.657. The number of hydrogen-bond donors (Lipinski definition) is 0. The van der Waals surface area contributed by atoms with Gasteiger partial charge < -0.3 is 4.74 Å². The van der Waals surface area contributed by atoms with Crippen LogP contribution in [0.15, 0.2) is 42.5 Å². The molecule has 0 saturated carbocycles. The highest BCUT2D eigenvalue weighted by Crippen LogP contribution is 2.30. The van der Waals surface area contributed by atoms with E-state index >= 15 is 0 Å². The molecule has 0 aliphatic carbocycles. The van der Waals surface area contributed by atoms with Gasteiger partial charge in [-0.1, -0.05) is 29.8 Å². The average Bonchev–Trinajstić information content (AvgIpc) is 2.39. The van der Waals surface area contributed by atoms with Crippen LogP contribution < -0.4 is 4.74 Å². The van der Waals surface area contributed by atoms with E-state index in [4.69, 9.17) is 21.6 Å². The second-order valence-electron chi connectivity index (χ2n) is 3.54. The van der Waals surface area contributed by atoms with E-state index < -0.39 is 0 Å². The van der Waals surface area contributed by atoms with Crippen LogP contribution in [0.2, 0.25) is 5.02 Å². The molecule has 0 amide bonds. The van der Waals surface area contributed by atoms with Crippen LogP contribution in [-0.4, -0.2) is 7.11 Å². The third kappa shape index (κ3) is 2.41. The Bertz CT molecular complexity index is 570. The molecule has 0 N–H and O–H groups in total. The first-order valence-electron chi connectivity index (χ1n) is 5.08. The number of rotatable bonds is 2. The van der Waals surface area contributed by atoms with Crippen LogP contribution in [-0.2, 0) is 0 Å². The molecule has 0 fully saturated rings. The first-order valence-corrected chi connectivity index (χ1v) is 5.46. The minimum atomic E-state index is 0.578. The van der Waals surface area contributed by atoms with E-state index in [1.165, 1.54) is 0 Å². The summed E-state index contributed by atoms with van der Waals surface area (Å²) in [5, 5.41) is 9.30. The van der Waals surface area contributed by atoms with E-state index in [2.05, 4.69) is 6.07 Å². The van der Waals surface area contributed by atoms with E-state index in [9.17, 15) is 0 Å². The quantitative estimate of drug-likeness (QED) is 0.802. The molecule has 17 heavy (non-hydrogen) atoms. The van der Waals surface area contributed by atoms with Crippen molar-refractivity contribution >= 4 is 11.6 Å². The number of nitriles is 1. The molecule has 0 unspecified atom stereocenters. The second kappa shape index (κ2) is 4.90. The molecule has 2 nitrogen and oxygen atoms in total. The molecule has 3 heteroatoms. The number of methoxy groups -OCH3 is 1. The highest BCUT2D eigenvalue weighted by Gasteiger charge is 2.03. The monoisotopic (exact) mass is 243 g/mol. The third-order valence-electron chi connectivity index (χ3n) is 2.50. The molecule has 0 aliphatic heterocycles. The lowest BCUT2D eigenvalue weighted by atomic mass is 10.0. The van der Waals surface area contributed by atoms with E-state index in [1.807, 2.05) is 30.3 Å². The number of ether oxygens (including phenoxy) is 1. The van der Waals surface area contributed by atoms with Gasteiger partial charge in [0.2, 0.25) is 0 Å². The van der Waals surface area contributed by atoms with Gasteiger partial charge in [0.05, 0.1) is 23.8 Å². The number of nitrogens with zero attached hydrogens (tertiary/aromatic N) is 1. The predicted octanol–water partition coefficient (Wildman–Crippen LogP) is 3.89. The zero-order valence-electron chi connectivity index (χ0n) is 9.27. The summed E-state index contributed by atoms with van der Waals surface area (Å²) in [6, 6.07) is 15.1. The molecular formula is C14H10ClNO. The van der Waals surface area contributed by atoms with Gasteiger partial charge in [0.25, 0.3) is 0 Å². The Morgan fingerprint density at radius 3 is 2.24 bits per heavy atom. The first kappa shape index (κ1) is 11.5. The molecular weight excluding hydrogens is 234 g/mol. The van der Waals surface area contributed by atoms with Crippen molar-refractivity contribution < 1.29 is 4.74 Å². The van der Waals surface area contributed by atoms with Crippen molar-refractivity contribution in [1.29, 1.82) is 5.26 Å². The van der Waals surface area contributed by atoms with Gasteiger partial charge in [-0.2, -0.15) is 5.26 Å². The summed E-state index contributed by atoms with van der Waals surface area (Å²) in [6.07, 6.45) is 0. The standard InChI is InChI=1S/C14H10ClNO/c1-17-14-7-6-12(8-13(14)15)11-4-2-10(9-16)3-5-11/h2-8H,1H3. The number of benzene rings is 2. The smallest absolute Gasteiger partial charge is 0.137 e. The minimum absolute atomic E-state index is 0.578. The molecule has 0 radical (unpaired) electrons. The van der Waals surface area contributed by atoms with Crippen molar-refractivity contribution in [1.82, 2.24) is 0 Å². The lowest BCUT2D eigenvalue weighted by molar-refractivity contribution is 0.415. The summed E-state index contributed by atoms with van der Waals surface area (Å²) < 4.78 is 5.10. The third-order valence-corrected chi connectivity index (χ3v) is 2.79. The lowest BCUT2D eigenvalue weighted by Gasteiger charge is -2.06. The molecule has 0 spiro atoms. The maximum absolute atomic E-state index is 8.72. The largest absolute Gasteiger partial charge is 0.495 e. The summed E-state index contributed by atoms with van der Waals surface area (Å²) in [5.41, 5.74) is 2.67. The zero-order chi connectivity index (χ0) is 12.3. The Morgan fingerprint density at radius 1 is 1.06 bits per heavy atom. The second-order valence-corrected chi connectivity index (χ2v) is 3.95. The summed E-state index contributed by atoms with van der Waals surface area (Å²) in [4.78, 5) is 0. The molecule has 0 aromatic heterocycles. The van der Waals surface area contributed by atoms with Gasteiger partial charge in [0.1, 0.15) is 5.75 Å². The van der Waals surface area contributed by atoms with Crippen LogP contribution in [0.5, 0.6) is 5.75 Å². The van der Waals surface area contributed by atoms with Crippen molar-refractivity contribution in [3.63, 3.8) is 0 Å². The number of halogens is 1. The van der Waals surface area contributed by atoms with Crippen molar-refractivity contribution in [3.05, 3.63) is 53.1 Å². The normalized spacial score (nSPS) is 9.71. The van der Waals surface area contributed by atoms with Crippen LogP contribution in [0, 0.1) is 11.3 Å². The summed E-state index contributed by atoms with van der Waals surface area (Å²) in [6.45, 7) is 0. The van der Waals surface area contributed by atoms with Gasteiger partial charge in [-0.25, -0.2) is 0 Å². The Balaban J connectivity index is 2.40. The molecule has 0 saturated heterocycles. The van der Waals surface area contributed by atoms with E-state index in [0.717, 1.165) is 11.1 Å². The van der Waals surface area contributed by atoms with Crippen LogP contribution in [0.4, 0.5) is 0 Å². The van der Waals surface area contributed by atoms with Crippen LogP contribution >= 0.6 is 11.6 Å². The van der Waals surface area contributed by atoms with E-state index in [0.29, 0.717) is 16.3 Å². The van der Waals surface area contributed by atoms with Crippen LogP contribution in [0.1, 0.15) is 5.56 Å². The maximum atomic E-state index is 8.72. The zero-order valence-corrected chi connectivity index (χ0v) is 10.0. The highest BCUT2D eigenvalue weighted by atomic mass is 35.5. The van der Waals surface area contributed by atoms with Gasteiger partial charge >= 0.3 is 0 Å². The minimum Gasteiger partial charge on any atom is -0.495 e. The van der Waals surface area contributed by atoms with E-state index in [1.54, 1.807) is 19.2 Å². The molecule has 0 heterocycles. The summed E-state index contributed by atoms with van der Waals surface area (Å²) in [7, 11) is 1.59. The fraction of sp³-hybridized carbons (Fsp3) is 0.0714. The maximum Gasteiger partial charge on any atom is 0.137 e. The summed E-state index contributed by atoms with van der Waals surface area (Å²) >= 11 is 6.06. The topological polar surface area (TPSA) is 33.0 Å². The Hall–Kier alpha value is -1.98. The molecule has 2 rings (SSSR count). The van der Waals surface area contributed by atoms with Crippen LogP contribution in [0.25, 0.3) is 11.1 Å². The predicted molar refractivity (Wildman–Crippen MR) is 68.2 cm³/mol. The van der Waals surface area contributed by atoms with Crippen LogP contribution in [0.3, 0.4) is 0 Å². The highest BCUT2D eigenvalue weighted by molar-refractivity contribution is 6.32. The van der Waals surface area contributed by atoms with Gasteiger partial charge in [-0.3, -0.25) is 0 Å². The molecule has 0 aliphatic rings. The average molecular weight is 244 g/mol. The Kier molecular flexibility index (Phi) is 3.32. The fourth-order valence-electron chi connectivity index (χ4n) is 1.58. The lowest BCUT2D eigenvalue weighted by Crippen LogP contribution is -1.85. The molecule has 84 valence electrons. The van der Waals surface area contributed by atoms with Gasteiger partial charge in [-0.05, 0) is 35.4 Å². The molecule has 2 aromatic carbocycles. The van der Waals surface area contributed by atoms with Crippen molar-refractivity contribution in [2.24, 2.45) is 0 Å². The molecule has 0 atom stereocenters. The fourth-order valence-corrected chi connectivity index (χ4v) is 1.84. The van der Waals surface area contributed by atoms with Crippen molar-refractivity contribution in [3.8, 4) is 22.9 Å². The van der Waals surface area contributed by atoms with Crippen molar-refractivity contribution in [2.45, 2.75) is 0 Å². The van der Waals surface area contributed by atoms with Crippen molar-refractivity contribution in [2.75, 3.05) is 7.11 Å². The number of hydrogen-bond acceptors (Lipinski definition) is 2. The van der Waals surface area contributed by atoms with Gasteiger partial charge in [0, 0.05) is 0 Å². The van der Waals surface area contributed by atoms with E-state index in [-0.39, 0.29) is 0 Å². The van der Waals surface area contributed by atoms with Gasteiger partial charge in [-0.15, -0.1) is 0 Å². The molecule has 2 aromatic rings. The first-order chi connectivity index (χ1) is 8.24.